The van der Waals surface area contributed by atoms with Crippen LogP contribution in [0.1, 0.15) is 66.1 Å². The Balaban J connectivity index is 1.49. The lowest BCUT2D eigenvalue weighted by Crippen LogP contribution is -2.38. The van der Waals surface area contributed by atoms with E-state index in [-0.39, 0.29) is 49.0 Å². The van der Waals surface area contributed by atoms with E-state index < -0.39 is 155 Å². The van der Waals surface area contributed by atoms with Gasteiger partial charge in [0.25, 0.3) is 5.92 Å². The van der Waals surface area contributed by atoms with Crippen LogP contribution in [0, 0.1) is 29.4 Å². The van der Waals surface area contributed by atoms with Crippen LogP contribution >= 0.6 is 11.6 Å². The van der Waals surface area contributed by atoms with Crippen LogP contribution in [0.5, 0.6) is 0 Å². The first kappa shape index (κ1) is 51.9. The van der Waals surface area contributed by atoms with Crippen molar-refractivity contribution >= 4 is 60.2 Å². The molecule has 3 atom stereocenters. The minimum Gasteiger partial charge on any atom is -0.447 e. The predicted molar refractivity (Wildman–Crippen MR) is 230 cm³/mol. The third-order valence-corrected chi connectivity index (χ3v) is 14.6. The fourth-order valence-corrected chi connectivity index (χ4v) is 9.22. The number of halogens is 11. The Labute approximate surface area is 396 Å². The van der Waals surface area contributed by atoms with Crippen molar-refractivity contribution in [3.8, 4) is 23.0 Å². The second-order valence-corrected chi connectivity index (χ2v) is 21.8. The summed E-state index contributed by atoms with van der Waals surface area (Å²) in [6.07, 6.45) is -11.6. The number of sulfonamides is 1. The Morgan fingerprint density at radius 1 is 0.986 bits per heavy atom. The fraction of sp³-hybridized carbons (Fsp3) is 0.405. The Hall–Kier alpha value is -5.98. The van der Waals surface area contributed by atoms with E-state index in [1.165, 1.54) is 13.8 Å². The van der Waals surface area contributed by atoms with Gasteiger partial charge in [0.1, 0.15) is 47.5 Å². The third-order valence-electron chi connectivity index (χ3n) is 11.3. The lowest BCUT2D eigenvalue weighted by Gasteiger charge is -2.23. The normalized spacial score (nSPS) is 17.1. The molecule has 2 aromatic carbocycles. The van der Waals surface area contributed by atoms with Crippen molar-refractivity contribution < 1.29 is 75.1 Å². The maximum absolute atomic E-state index is 15.6. The van der Waals surface area contributed by atoms with Crippen LogP contribution in [-0.2, 0) is 61.0 Å². The summed E-state index contributed by atoms with van der Waals surface area (Å²) in [4.78, 5) is 31.9. The minimum atomic E-state index is -5.22. The maximum Gasteiger partial charge on any atom is 0.435 e. The number of amides is 2. The Kier molecular flexibility index (Phi) is 13.3. The molecule has 0 aliphatic heterocycles. The number of ether oxygens (including phenoxy) is 1. The van der Waals surface area contributed by atoms with Crippen molar-refractivity contribution in [2.45, 2.75) is 74.8 Å². The molecule has 3 aromatic heterocycles. The highest BCUT2D eigenvalue weighted by Crippen LogP contribution is 2.68. The second-order valence-electron chi connectivity index (χ2n) is 16.9. The number of sulfone groups is 1. The van der Waals surface area contributed by atoms with Crippen molar-refractivity contribution in [1.29, 1.82) is 0 Å². The van der Waals surface area contributed by atoms with E-state index in [0.717, 1.165) is 42.7 Å². The number of alkyl halides is 8. The zero-order valence-electron chi connectivity index (χ0n) is 36.6. The summed E-state index contributed by atoms with van der Waals surface area (Å²) in [7, 11) is -8.72. The van der Waals surface area contributed by atoms with Crippen LogP contribution in [0.4, 0.5) is 54.5 Å². The maximum atomic E-state index is 15.6. The predicted octanol–water partition coefficient (Wildman–Crippen LogP) is 7.15. The number of aromatic nitrogens is 5. The largest absolute Gasteiger partial charge is 0.447 e. The highest BCUT2D eigenvalue weighted by molar-refractivity contribution is 7.93. The molecule has 0 spiro atoms. The van der Waals surface area contributed by atoms with Gasteiger partial charge < -0.3 is 15.8 Å². The molecular weight excluding hydrogens is 1020 g/mol. The first-order valence-electron chi connectivity index (χ1n) is 20.4. The van der Waals surface area contributed by atoms with E-state index in [1.807, 2.05) is 0 Å². The van der Waals surface area contributed by atoms with Gasteiger partial charge in [-0.2, -0.15) is 49.6 Å². The van der Waals surface area contributed by atoms with E-state index >= 15 is 8.78 Å². The number of hydrogen-bond donors (Lipinski definition) is 2. The summed E-state index contributed by atoms with van der Waals surface area (Å²) in [5, 5.41) is 8.55. The molecule has 2 aliphatic rings. The minimum absolute atomic E-state index is 0.0698. The average molecular weight is 1060 g/mol. The van der Waals surface area contributed by atoms with Gasteiger partial charge in [-0.15, -0.1) is 0 Å². The average Bonchev–Trinajstić information content (AvgIpc) is 3.73. The Bertz CT molecular complexity index is 3240. The van der Waals surface area contributed by atoms with Gasteiger partial charge in [-0.3, -0.25) is 14.2 Å². The molecule has 7 rings (SSSR count). The molecule has 1 saturated carbocycles. The van der Waals surface area contributed by atoms with Crippen molar-refractivity contribution in [3.05, 3.63) is 93.0 Å². The first-order chi connectivity index (χ1) is 32.2. The summed E-state index contributed by atoms with van der Waals surface area (Å²) >= 11 is 6.57. The second kappa shape index (κ2) is 18.0. The Morgan fingerprint density at radius 2 is 1.63 bits per heavy atom. The molecule has 2 aliphatic carbocycles. The SMILES string of the molecule is CC(C)(C#Cc1ccc(-c2ccc(Cl)c3c(N(C(=O)OCCN)S(C)(=O)=O)nn(CC(F)(F)F)c23)c([C@H](Cc2cc(F)cc(F)c2)NC(=O)Cn2nc(C(F)(F)F)c3c2C(F)(F)C2C[C@H]32)n1)S(C)(=O)=O. The van der Waals surface area contributed by atoms with Crippen molar-refractivity contribution in [2.75, 3.05) is 30.0 Å². The number of carbonyl (C=O) groups excluding carboxylic acids is 2. The molecule has 0 radical (unpaired) electrons. The molecule has 1 unspecified atom stereocenters. The van der Waals surface area contributed by atoms with Gasteiger partial charge in [-0.25, -0.2) is 35.4 Å². The smallest absolute Gasteiger partial charge is 0.435 e. The molecule has 15 nitrogen and oxygen atoms in total. The van der Waals surface area contributed by atoms with Gasteiger partial charge in [0.15, 0.2) is 21.3 Å². The molecule has 70 heavy (non-hydrogen) atoms. The molecule has 28 heteroatoms. The number of fused-ring (bicyclic) bond motifs is 4. The fourth-order valence-electron chi connectivity index (χ4n) is 7.98. The van der Waals surface area contributed by atoms with Gasteiger partial charge in [-0.1, -0.05) is 23.6 Å². The Morgan fingerprint density at radius 3 is 2.21 bits per heavy atom. The number of carbonyl (C=O) groups is 2. The first-order valence-corrected chi connectivity index (χ1v) is 24.5. The zero-order chi connectivity index (χ0) is 51.8. The quantitative estimate of drug-likeness (QED) is 0.0896. The molecule has 3 N–H and O–H groups in total. The summed E-state index contributed by atoms with van der Waals surface area (Å²) in [6, 6.07) is 4.73. The third kappa shape index (κ3) is 10.3. The summed E-state index contributed by atoms with van der Waals surface area (Å²) in [5.74, 6) is -6.07. The van der Waals surface area contributed by atoms with Gasteiger partial charge in [0, 0.05) is 41.5 Å². The molecule has 0 bridgehead atoms. The van der Waals surface area contributed by atoms with Crippen molar-refractivity contribution in [1.82, 2.24) is 29.9 Å². The van der Waals surface area contributed by atoms with E-state index in [2.05, 4.69) is 32.3 Å². The lowest BCUT2D eigenvalue weighted by molar-refractivity contribution is -0.143. The monoisotopic (exact) mass is 1050 g/mol. The molecule has 0 saturated heterocycles. The lowest BCUT2D eigenvalue weighted by atomic mass is 9.93. The topological polar surface area (TPSA) is 201 Å². The molecular formula is C42H37ClF10N8O7S2. The summed E-state index contributed by atoms with van der Waals surface area (Å²) in [6.45, 7) is -1.69. The standard InChI is InChI=1S/C42H37ClF10N8O7S2/c1-39(2,69(3,64)65)10-9-23-5-6-24(25-7-8-28(43)32-34(25)60(19-40(46,47)48)58-37(32)61(70(4,66)67)38(63)68-12-11-54)33(55-23)29(15-20-13-21(44)16-22(45)14-20)56-30(62)18-59-36-31(35(57-59)42(51,52)53)26-17-27(26)41(36,49)50/h5-8,13-14,16,26-27,29H,11-12,15,17-19,54H2,1-4H3,(H,56,62)/t26-,27?,29-/m0/s1. The molecule has 3 heterocycles. The molecule has 376 valence electrons. The van der Waals surface area contributed by atoms with E-state index in [1.54, 1.807) is 0 Å². The number of rotatable bonds is 13. The highest BCUT2D eigenvalue weighted by Gasteiger charge is 2.68. The van der Waals surface area contributed by atoms with Crippen LogP contribution < -0.4 is 15.4 Å². The van der Waals surface area contributed by atoms with Gasteiger partial charge in [0.2, 0.25) is 15.9 Å². The van der Waals surface area contributed by atoms with Gasteiger partial charge in [0.05, 0.1) is 33.9 Å². The summed E-state index contributed by atoms with van der Waals surface area (Å²) in [5.41, 5.74) is -0.517. The number of nitrogens with zero attached hydrogens (tertiary/aromatic N) is 6. The molecule has 2 amide bonds. The molecule has 5 aromatic rings. The van der Waals surface area contributed by atoms with E-state index in [0.29, 0.717) is 12.3 Å². The zero-order valence-corrected chi connectivity index (χ0v) is 39.0. The van der Waals surface area contributed by atoms with Crippen molar-refractivity contribution in [3.63, 3.8) is 0 Å². The van der Waals surface area contributed by atoms with E-state index in [9.17, 15) is 61.5 Å². The number of benzene rings is 2. The number of nitrogens with one attached hydrogen (secondary N) is 1. The van der Waals surface area contributed by atoms with Crippen LogP contribution in [0.15, 0.2) is 42.5 Å². The number of pyridine rings is 1. The van der Waals surface area contributed by atoms with Crippen LogP contribution in [0.25, 0.3) is 22.0 Å². The van der Waals surface area contributed by atoms with E-state index in [4.69, 9.17) is 22.1 Å². The van der Waals surface area contributed by atoms with Crippen LogP contribution in [-0.4, -0.2) is 90.0 Å². The number of hydrogen-bond acceptors (Lipinski definition) is 11. The number of nitrogens with two attached hydrogens (primary N) is 1. The van der Waals surface area contributed by atoms with Gasteiger partial charge in [-0.05, 0) is 74.4 Å². The van der Waals surface area contributed by atoms with Gasteiger partial charge >= 0.3 is 18.4 Å². The summed E-state index contributed by atoms with van der Waals surface area (Å²) < 4.78 is 201. The van der Waals surface area contributed by atoms with Crippen LogP contribution in [0.3, 0.4) is 0 Å². The highest BCUT2D eigenvalue weighted by atomic mass is 35.5. The number of anilines is 1. The molecule has 1 fully saturated rings. The van der Waals surface area contributed by atoms with Crippen molar-refractivity contribution in [2.24, 2.45) is 11.7 Å². The van der Waals surface area contributed by atoms with Crippen LogP contribution in [0.2, 0.25) is 5.02 Å².